The van der Waals surface area contributed by atoms with Gasteiger partial charge in [0.25, 0.3) is 0 Å². The first-order chi connectivity index (χ1) is 16.4. The molecule has 1 saturated heterocycles. The lowest BCUT2D eigenvalue weighted by molar-refractivity contribution is -0.140. The average Bonchev–Trinajstić information content (AvgIpc) is 3.18. The Hall–Kier alpha value is -3.10. The van der Waals surface area contributed by atoms with E-state index in [0.29, 0.717) is 51.0 Å². The summed E-state index contributed by atoms with van der Waals surface area (Å²) in [5, 5.41) is 2.76. The van der Waals surface area contributed by atoms with Gasteiger partial charge in [-0.3, -0.25) is 19.7 Å². The summed E-state index contributed by atoms with van der Waals surface area (Å²) in [6.45, 7) is 2.16. The van der Waals surface area contributed by atoms with Crippen LogP contribution in [0.25, 0.3) is 0 Å². The molecule has 2 fully saturated rings. The molecule has 9 nitrogen and oxygen atoms in total. The maximum absolute atomic E-state index is 13.0. The largest absolute Gasteiger partial charge is 0.494 e. The summed E-state index contributed by atoms with van der Waals surface area (Å²) in [5.41, 5.74) is 1.84. The van der Waals surface area contributed by atoms with Crippen LogP contribution in [-0.4, -0.2) is 78.7 Å². The second-order valence-electron chi connectivity index (χ2n) is 9.65. The Morgan fingerprint density at radius 2 is 1.94 bits per heavy atom. The number of guanidine groups is 1. The number of aliphatic imine (C=N–C) groups is 1. The molecule has 1 N–H and O–H groups in total. The molecular formula is C25H35N5O4. The third-order valence-electron chi connectivity index (χ3n) is 6.71. The normalized spacial score (nSPS) is 17.4. The zero-order valence-corrected chi connectivity index (χ0v) is 20.2. The second kappa shape index (κ2) is 10.9. The predicted molar refractivity (Wildman–Crippen MR) is 129 cm³/mol. The van der Waals surface area contributed by atoms with Gasteiger partial charge in [0, 0.05) is 39.2 Å². The molecule has 184 valence electrons. The number of hydrogen-bond donors (Lipinski definition) is 1. The highest BCUT2D eigenvalue weighted by Crippen LogP contribution is 2.30. The van der Waals surface area contributed by atoms with E-state index in [2.05, 4.69) is 10.3 Å². The number of carbonyl (C=O) groups is 3. The van der Waals surface area contributed by atoms with Gasteiger partial charge in [-0.25, -0.2) is 4.99 Å². The van der Waals surface area contributed by atoms with Crippen molar-refractivity contribution in [1.82, 2.24) is 20.0 Å². The van der Waals surface area contributed by atoms with Crippen molar-refractivity contribution in [2.45, 2.75) is 51.5 Å². The molecule has 1 saturated carbocycles. The maximum atomic E-state index is 13.0. The minimum Gasteiger partial charge on any atom is -0.494 e. The van der Waals surface area contributed by atoms with E-state index in [-0.39, 0.29) is 24.3 Å². The molecule has 4 rings (SSSR count). The Bertz CT molecular complexity index is 955. The summed E-state index contributed by atoms with van der Waals surface area (Å²) in [5.74, 6) is 1.75. The zero-order chi connectivity index (χ0) is 24.1. The van der Waals surface area contributed by atoms with Crippen LogP contribution in [0, 0.1) is 5.92 Å². The van der Waals surface area contributed by atoms with Crippen LogP contribution in [-0.2, 0) is 20.9 Å². The number of rotatable bonds is 9. The molecular weight excluding hydrogens is 434 g/mol. The van der Waals surface area contributed by atoms with Crippen molar-refractivity contribution in [3.05, 3.63) is 23.8 Å². The van der Waals surface area contributed by atoms with E-state index in [1.807, 2.05) is 23.1 Å². The van der Waals surface area contributed by atoms with Crippen molar-refractivity contribution in [1.29, 1.82) is 0 Å². The van der Waals surface area contributed by atoms with Gasteiger partial charge in [-0.05, 0) is 43.4 Å². The molecule has 1 aromatic rings. The highest BCUT2D eigenvalue weighted by atomic mass is 16.5. The lowest BCUT2D eigenvalue weighted by atomic mass is 9.89. The Labute approximate surface area is 201 Å². The molecule has 9 heteroatoms. The van der Waals surface area contributed by atoms with Gasteiger partial charge in [0.2, 0.25) is 23.7 Å². The van der Waals surface area contributed by atoms with Gasteiger partial charge in [-0.2, -0.15) is 0 Å². The number of carbonyl (C=O) groups excluding carboxylic acids is 3. The van der Waals surface area contributed by atoms with Crippen molar-refractivity contribution < 1.29 is 19.1 Å². The number of ether oxygens (including phenoxy) is 1. The first kappa shape index (κ1) is 24.0. The van der Waals surface area contributed by atoms with Gasteiger partial charge in [0.1, 0.15) is 12.3 Å². The molecule has 34 heavy (non-hydrogen) atoms. The Morgan fingerprint density at radius 1 is 1.15 bits per heavy atom. The minimum atomic E-state index is -0.0461. The molecule has 0 radical (unpaired) electrons. The fourth-order valence-electron chi connectivity index (χ4n) is 4.74. The summed E-state index contributed by atoms with van der Waals surface area (Å²) in [6, 6.07) is 5.71. The number of amides is 3. The Kier molecular flexibility index (Phi) is 7.70. The highest BCUT2D eigenvalue weighted by Gasteiger charge is 2.29. The zero-order valence-electron chi connectivity index (χ0n) is 20.2. The van der Waals surface area contributed by atoms with Crippen molar-refractivity contribution in [2.75, 3.05) is 40.3 Å². The first-order valence-corrected chi connectivity index (χ1v) is 12.3. The van der Waals surface area contributed by atoms with Crippen molar-refractivity contribution in [2.24, 2.45) is 10.9 Å². The number of likely N-dealkylation sites (N-methyl/N-ethyl adjacent to an activating group) is 1. The van der Waals surface area contributed by atoms with Crippen LogP contribution in [0.3, 0.4) is 0 Å². The molecule has 3 amide bonds. The SMILES string of the molecule is CN(C)C(=O)CN(CC1CCCCC1)C(=O)CCCOc1ccc2c(c1)CN1CC(=O)NC1=N2. The molecule has 2 heterocycles. The maximum Gasteiger partial charge on any atom is 0.246 e. The number of fused-ring (bicyclic) bond motifs is 2. The van der Waals surface area contributed by atoms with Crippen LogP contribution in [0.2, 0.25) is 0 Å². The monoisotopic (exact) mass is 469 g/mol. The van der Waals surface area contributed by atoms with E-state index in [9.17, 15) is 14.4 Å². The van der Waals surface area contributed by atoms with E-state index in [1.165, 1.54) is 19.3 Å². The standard InChI is InChI=1S/C25H35N5O4/c1-28(2)24(33)17-29(14-18-7-4-3-5-8-18)23(32)9-6-12-34-20-10-11-21-19(13-20)15-30-16-22(31)27-25(30)26-21/h10-11,13,18H,3-9,12,14-17H2,1-2H3,(H,26,27,31). The summed E-state index contributed by atoms with van der Waals surface area (Å²) in [6.07, 6.45) is 6.89. The smallest absolute Gasteiger partial charge is 0.246 e. The lowest BCUT2D eigenvalue weighted by Crippen LogP contribution is -2.43. The number of nitrogens with one attached hydrogen (secondary N) is 1. The van der Waals surface area contributed by atoms with Crippen LogP contribution in [0.1, 0.15) is 50.5 Å². The van der Waals surface area contributed by atoms with Crippen LogP contribution < -0.4 is 10.1 Å². The van der Waals surface area contributed by atoms with Crippen molar-refractivity contribution >= 4 is 29.4 Å². The van der Waals surface area contributed by atoms with Crippen LogP contribution in [0.4, 0.5) is 5.69 Å². The second-order valence-corrected chi connectivity index (χ2v) is 9.65. The number of benzene rings is 1. The highest BCUT2D eigenvalue weighted by molar-refractivity contribution is 6.05. The van der Waals surface area contributed by atoms with Crippen molar-refractivity contribution in [3.63, 3.8) is 0 Å². The molecule has 0 spiro atoms. The Balaban J connectivity index is 1.27. The molecule has 2 aliphatic heterocycles. The Morgan fingerprint density at radius 3 is 2.71 bits per heavy atom. The fraction of sp³-hybridized carbons (Fsp3) is 0.600. The minimum absolute atomic E-state index is 0.0166. The topological polar surface area (TPSA) is 94.6 Å². The van der Waals surface area contributed by atoms with Gasteiger partial charge < -0.3 is 19.4 Å². The first-order valence-electron chi connectivity index (χ1n) is 12.3. The van der Waals surface area contributed by atoms with Crippen LogP contribution in [0.5, 0.6) is 5.75 Å². The van der Waals surface area contributed by atoms with Crippen LogP contribution in [0.15, 0.2) is 23.2 Å². The van der Waals surface area contributed by atoms with Gasteiger partial charge in [0.15, 0.2) is 0 Å². The van der Waals surface area contributed by atoms with E-state index >= 15 is 0 Å². The van der Waals surface area contributed by atoms with Gasteiger partial charge >= 0.3 is 0 Å². The van der Waals surface area contributed by atoms with E-state index in [1.54, 1.807) is 23.9 Å². The fourth-order valence-corrected chi connectivity index (χ4v) is 4.74. The van der Waals surface area contributed by atoms with Crippen LogP contribution >= 0.6 is 0 Å². The summed E-state index contributed by atoms with van der Waals surface area (Å²) in [7, 11) is 3.45. The van der Waals surface area contributed by atoms with E-state index in [0.717, 1.165) is 29.8 Å². The van der Waals surface area contributed by atoms with Gasteiger partial charge in [-0.1, -0.05) is 19.3 Å². The summed E-state index contributed by atoms with van der Waals surface area (Å²) >= 11 is 0. The summed E-state index contributed by atoms with van der Waals surface area (Å²) < 4.78 is 5.91. The number of hydrogen-bond acceptors (Lipinski definition) is 6. The van der Waals surface area contributed by atoms with E-state index in [4.69, 9.17) is 4.74 Å². The molecule has 1 aromatic carbocycles. The van der Waals surface area contributed by atoms with Crippen molar-refractivity contribution in [3.8, 4) is 5.75 Å². The molecule has 1 aliphatic carbocycles. The third-order valence-corrected chi connectivity index (χ3v) is 6.71. The molecule has 3 aliphatic rings. The van der Waals surface area contributed by atoms with Gasteiger partial charge in [-0.15, -0.1) is 0 Å². The number of nitrogens with zero attached hydrogens (tertiary/aromatic N) is 4. The molecule has 0 atom stereocenters. The van der Waals surface area contributed by atoms with E-state index < -0.39 is 0 Å². The molecule has 0 bridgehead atoms. The molecule has 0 unspecified atom stereocenters. The lowest BCUT2D eigenvalue weighted by Gasteiger charge is -2.30. The third kappa shape index (κ3) is 6.07. The summed E-state index contributed by atoms with van der Waals surface area (Å²) in [4.78, 5) is 46.5. The predicted octanol–water partition coefficient (Wildman–Crippen LogP) is 2.28. The average molecular weight is 470 g/mol. The quantitative estimate of drug-likeness (QED) is 0.560. The molecule has 0 aromatic heterocycles. The van der Waals surface area contributed by atoms with Gasteiger partial charge in [0.05, 0.1) is 18.8 Å².